The van der Waals surface area contributed by atoms with E-state index < -0.39 is 5.97 Å². The maximum atomic E-state index is 12.0. The van der Waals surface area contributed by atoms with E-state index in [0.29, 0.717) is 28.2 Å². The first-order valence-corrected chi connectivity index (χ1v) is 7.36. The first-order valence-electron chi connectivity index (χ1n) is 6.98. The number of carbonyl (C=O) groups is 2. The maximum Gasteiger partial charge on any atom is 0.374 e. The van der Waals surface area contributed by atoms with Crippen LogP contribution in [0.3, 0.4) is 0 Å². The van der Waals surface area contributed by atoms with E-state index >= 15 is 0 Å². The number of nitrogens with one attached hydrogen (secondary N) is 1. The molecule has 6 nitrogen and oxygen atoms in total. The fourth-order valence-corrected chi connectivity index (χ4v) is 2.55. The molecule has 7 heteroatoms. The van der Waals surface area contributed by atoms with Gasteiger partial charge < -0.3 is 14.6 Å². The molecule has 1 heterocycles. The number of rotatable bonds is 4. The lowest BCUT2D eigenvalue weighted by Gasteiger charge is -2.12. The van der Waals surface area contributed by atoms with E-state index in [2.05, 4.69) is 10.3 Å². The van der Waals surface area contributed by atoms with Crippen molar-refractivity contribution in [1.29, 1.82) is 0 Å². The Balaban J connectivity index is 2.69. The molecule has 0 radical (unpaired) electrons. The SMILES string of the molecule is CCNC(=O)c1cc2nc(C(=O)OC)n(C(C)C)c2cc1Cl. The summed E-state index contributed by atoms with van der Waals surface area (Å²) in [5, 5.41) is 3.01. The van der Waals surface area contributed by atoms with Gasteiger partial charge in [0.15, 0.2) is 0 Å². The van der Waals surface area contributed by atoms with Crippen LogP contribution in [0.2, 0.25) is 5.02 Å². The first-order chi connectivity index (χ1) is 10.4. The van der Waals surface area contributed by atoms with Crippen molar-refractivity contribution >= 4 is 34.5 Å². The average molecular weight is 324 g/mol. The van der Waals surface area contributed by atoms with Gasteiger partial charge in [-0.05, 0) is 32.9 Å². The number of amides is 1. The highest BCUT2D eigenvalue weighted by molar-refractivity contribution is 6.34. The lowest BCUT2D eigenvalue weighted by Crippen LogP contribution is -2.22. The third-order valence-electron chi connectivity index (χ3n) is 3.24. The minimum absolute atomic E-state index is 0.00881. The van der Waals surface area contributed by atoms with E-state index in [1.54, 1.807) is 16.7 Å². The Morgan fingerprint density at radius 2 is 2.09 bits per heavy atom. The van der Waals surface area contributed by atoms with Crippen LogP contribution in [0.25, 0.3) is 11.0 Å². The predicted molar refractivity (Wildman–Crippen MR) is 84.5 cm³/mol. The van der Waals surface area contributed by atoms with Gasteiger partial charge in [-0.1, -0.05) is 11.6 Å². The van der Waals surface area contributed by atoms with Crippen LogP contribution < -0.4 is 5.32 Å². The van der Waals surface area contributed by atoms with E-state index in [1.807, 2.05) is 20.8 Å². The molecule has 0 atom stereocenters. The number of methoxy groups -OCH3 is 1. The molecular formula is C15H18ClN3O3. The summed E-state index contributed by atoms with van der Waals surface area (Å²) in [6, 6.07) is 3.24. The van der Waals surface area contributed by atoms with Crippen LogP contribution >= 0.6 is 11.6 Å². The van der Waals surface area contributed by atoms with Gasteiger partial charge in [-0.25, -0.2) is 9.78 Å². The van der Waals surface area contributed by atoms with Gasteiger partial charge in [-0.15, -0.1) is 0 Å². The van der Waals surface area contributed by atoms with Gasteiger partial charge >= 0.3 is 5.97 Å². The Kier molecular flexibility index (Phi) is 4.71. The normalized spacial score (nSPS) is 11.0. The van der Waals surface area contributed by atoms with Crippen molar-refractivity contribution in [3.8, 4) is 0 Å². The zero-order valence-electron chi connectivity index (χ0n) is 12.9. The van der Waals surface area contributed by atoms with Crippen molar-refractivity contribution in [2.24, 2.45) is 0 Å². The number of benzene rings is 1. The summed E-state index contributed by atoms with van der Waals surface area (Å²) in [5.41, 5.74) is 1.55. The molecule has 0 saturated carbocycles. The van der Waals surface area contributed by atoms with Crippen LogP contribution in [-0.2, 0) is 4.74 Å². The lowest BCUT2D eigenvalue weighted by atomic mass is 10.1. The summed E-state index contributed by atoms with van der Waals surface area (Å²) in [6.07, 6.45) is 0. The molecule has 1 amide bonds. The zero-order valence-corrected chi connectivity index (χ0v) is 13.7. The Morgan fingerprint density at radius 3 is 2.64 bits per heavy atom. The fraction of sp³-hybridized carbons (Fsp3) is 0.400. The molecular weight excluding hydrogens is 306 g/mol. The number of fused-ring (bicyclic) bond motifs is 1. The van der Waals surface area contributed by atoms with Crippen LogP contribution in [0.5, 0.6) is 0 Å². The van der Waals surface area contributed by atoms with Crippen LogP contribution in [-0.4, -0.2) is 35.1 Å². The quantitative estimate of drug-likeness (QED) is 0.878. The largest absolute Gasteiger partial charge is 0.463 e. The maximum absolute atomic E-state index is 12.0. The van der Waals surface area contributed by atoms with Crippen LogP contribution in [0.15, 0.2) is 12.1 Å². The number of esters is 1. The molecule has 0 aliphatic rings. The number of ether oxygens (including phenoxy) is 1. The van der Waals surface area contributed by atoms with Crippen LogP contribution in [0.1, 0.15) is 47.8 Å². The van der Waals surface area contributed by atoms with Gasteiger partial charge in [0.1, 0.15) is 0 Å². The average Bonchev–Trinajstić information content (AvgIpc) is 2.84. The second-order valence-corrected chi connectivity index (χ2v) is 5.48. The van der Waals surface area contributed by atoms with E-state index in [9.17, 15) is 9.59 Å². The molecule has 2 aromatic rings. The second-order valence-electron chi connectivity index (χ2n) is 5.07. The van der Waals surface area contributed by atoms with Crippen LogP contribution in [0.4, 0.5) is 0 Å². The first kappa shape index (κ1) is 16.3. The molecule has 0 fully saturated rings. The van der Waals surface area contributed by atoms with Crippen molar-refractivity contribution in [3.63, 3.8) is 0 Å². The highest BCUT2D eigenvalue weighted by Gasteiger charge is 2.22. The molecule has 0 aliphatic carbocycles. The molecule has 1 aromatic heterocycles. The summed E-state index contributed by atoms with van der Waals surface area (Å²) in [5.74, 6) is -0.606. The minimum Gasteiger partial charge on any atom is -0.463 e. The van der Waals surface area contributed by atoms with Gasteiger partial charge in [-0.2, -0.15) is 0 Å². The number of nitrogens with zero attached hydrogens (tertiary/aromatic N) is 2. The zero-order chi connectivity index (χ0) is 16.4. The molecule has 0 unspecified atom stereocenters. The summed E-state index contributed by atoms with van der Waals surface area (Å²) in [6.45, 7) is 6.19. The number of carbonyl (C=O) groups excluding carboxylic acids is 2. The number of imidazole rings is 1. The van der Waals surface area contributed by atoms with E-state index in [4.69, 9.17) is 16.3 Å². The molecule has 0 saturated heterocycles. The topological polar surface area (TPSA) is 73.2 Å². The van der Waals surface area contributed by atoms with E-state index in [0.717, 1.165) is 0 Å². The number of aromatic nitrogens is 2. The fourth-order valence-electron chi connectivity index (χ4n) is 2.30. The molecule has 0 bridgehead atoms. The van der Waals surface area contributed by atoms with Crippen LogP contribution in [0, 0.1) is 0 Å². The van der Waals surface area contributed by atoms with Gasteiger partial charge in [-0.3, -0.25) is 4.79 Å². The van der Waals surface area contributed by atoms with Crippen molar-refractivity contribution in [3.05, 3.63) is 28.5 Å². The number of hydrogen-bond donors (Lipinski definition) is 1. The Hall–Kier alpha value is -2.08. The van der Waals surface area contributed by atoms with Crippen molar-refractivity contribution in [1.82, 2.24) is 14.9 Å². The molecule has 2 rings (SSSR count). The van der Waals surface area contributed by atoms with Gasteiger partial charge in [0.2, 0.25) is 5.82 Å². The molecule has 22 heavy (non-hydrogen) atoms. The predicted octanol–water partition coefficient (Wildman–Crippen LogP) is 2.81. The van der Waals surface area contributed by atoms with Gasteiger partial charge in [0.25, 0.3) is 5.91 Å². The molecule has 118 valence electrons. The second kappa shape index (κ2) is 6.36. The monoisotopic (exact) mass is 323 g/mol. The van der Waals surface area contributed by atoms with Crippen molar-refractivity contribution in [2.45, 2.75) is 26.8 Å². The van der Waals surface area contributed by atoms with Crippen molar-refractivity contribution < 1.29 is 14.3 Å². The van der Waals surface area contributed by atoms with Gasteiger partial charge in [0.05, 0.1) is 28.7 Å². The minimum atomic E-state index is -0.527. The molecule has 1 N–H and O–H groups in total. The third-order valence-corrected chi connectivity index (χ3v) is 3.56. The number of hydrogen-bond acceptors (Lipinski definition) is 4. The molecule has 0 aliphatic heterocycles. The summed E-state index contributed by atoms with van der Waals surface area (Å²) in [4.78, 5) is 28.2. The number of halogens is 1. The highest BCUT2D eigenvalue weighted by Crippen LogP contribution is 2.27. The third kappa shape index (κ3) is 2.78. The summed E-state index contributed by atoms with van der Waals surface area (Å²) >= 11 is 6.22. The lowest BCUT2D eigenvalue weighted by molar-refractivity contribution is 0.0580. The molecule has 0 spiro atoms. The smallest absolute Gasteiger partial charge is 0.374 e. The van der Waals surface area contributed by atoms with Gasteiger partial charge in [0, 0.05) is 12.6 Å². The summed E-state index contributed by atoms with van der Waals surface area (Å²) < 4.78 is 6.51. The summed E-state index contributed by atoms with van der Waals surface area (Å²) in [7, 11) is 1.31. The Morgan fingerprint density at radius 1 is 1.41 bits per heavy atom. The Bertz CT molecular complexity index is 737. The molecule has 1 aromatic carbocycles. The van der Waals surface area contributed by atoms with Crippen molar-refractivity contribution in [2.75, 3.05) is 13.7 Å². The Labute approximate surface area is 133 Å². The highest BCUT2D eigenvalue weighted by atomic mass is 35.5. The standard InChI is InChI=1S/C15H18ClN3O3/c1-5-17-14(20)9-6-11-12(7-10(9)16)19(8(2)3)13(18-11)15(21)22-4/h6-8H,5H2,1-4H3,(H,17,20). The van der Waals surface area contributed by atoms with E-state index in [1.165, 1.54) is 7.11 Å². The van der Waals surface area contributed by atoms with E-state index in [-0.39, 0.29) is 17.8 Å².